The molecule has 1 amide bonds. The van der Waals surface area contributed by atoms with E-state index < -0.39 is 0 Å². The van der Waals surface area contributed by atoms with Crippen molar-refractivity contribution in [2.75, 3.05) is 5.88 Å². The SMILES string of the molecule is CC(C)(C)c1oc(CCC(N)=O)cc1CCCCl. The number of nitrogens with two attached hydrogens (primary N) is 1. The fourth-order valence-electron chi connectivity index (χ4n) is 1.93. The van der Waals surface area contributed by atoms with Crippen LogP contribution in [0.3, 0.4) is 0 Å². The molecule has 3 nitrogen and oxygen atoms in total. The number of rotatable bonds is 6. The Balaban J connectivity index is 2.88. The van der Waals surface area contributed by atoms with Crippen LogP contribution in [0.15, 0.2) is 10.5 Å². The Morgan fingerprint density at radius 1 is 1.39 bits per heavy atom. The average Bonchev–Trinajstić information content (AvgIpc) is 2.66. The molecule has 1 aromatic rings. The summed E-state index contributed by atoms with van der Waals surface area (Å²) in [4.78, 5) is 10.8. The van der Waals surface area contributed by atoms with Gasteiger partial charge in [0.25, 0.3) is 0 Å². The maximum Gasteiger partial charge on any atom is 0.217 e. The molecule has 0 bridgehead atoms. The molecule has 1 aromatic heterocycles. The number of carbonyl (C=O) groups excluding carboxylic acids is 1. The van der Waals surface area contributed by atoms with Crippen molar-refractivity contribution in [3.63, 3.8) is 0 Å². The molecule has 0 aliphatic heterocycles. The second-order valence-electron chi connectivity index (χ2n) is 5.58. The van der Waals surface area contributed by atoms with E-state index in [-0.39, 0.29) is 11.3 Å². The fraction of sp³-hybridized carbons (Fsp3) is 0.643. The number of aryl methyl sites for hydroxylation is 2. The summed E-state index contributed by atoms with van der Waals surface area (Å²) in [6.45, 7) is 6.36. The summed E-state index contributed by atoms with van der Waals surface area (Å²) < 4.78 is 5.88. The monoisotopic (exact) mass is 271 g/mol. The van der Waals surface area contributed by atoms with Crippen molar-refractivity contribution in [1.29, 1.82) is 0 Å². The quantitative estimate of drug-likeness (QED) is 0.808. The predicted molar refractivity (Wildman–Crippen MR) is 74.0 cm³/mol. The molecule has 0 aliphatic carbocycles. The van der Waals surface area contributed by atoms with Crippen LogP contribution in [-0.4, -0.2) is 11.8 Å². The highest BCUT2D eigenvalue weighted by molar-refractivity contribution is 6.17. The van der Waals surface area contributed by atoms with Crippen molar-refractivity contribution in [1.82, 2.24) is 0 Å². The molecular weight excluding hydrogens is 250 g/mol. The normalized spacial score (nSPS) is 11.8. The second-order valence-corrected chi connectivity index (χ2v) is 5.95. The first-order valence-electron chi connectivity index (χ1n) is 6.31. The molecule has 0 aromatic carbocycles. The molecule has 0 saturated heterocycles. The van der Waals surface area contributed by atoms with Gasteiger partial charge < -0.3 is 10.2 Å². The minimum Gasteiger partial charge on any atom is -0.465 e. The number of furan rings is 1. The van der Waals surface area contributed by atoms with Crippen molar-refractivity contribution < 1.29 is 9.21 Å². The van der Waals surface area contributed by atoms with Crippen LogP contribution in [0.1, 0.15) is 50.7 Å². The highest BCUT2D eigenvalue weighted by atomic mass is 35.5. The Morgan fingerprint density at radius 3 is 2.56 bits per heavy atom. The highest BCUT2D eigenvalue weighted by Gasteiger charge is 2.23. The zero-order valence-corrected chi connectivity index (χ0v) is 12.1. The number of halogens is 1. The molecule has 2 N–H and O–H groups in total. The van der Waals surface area contributed by atoms with E-state index >= 15 is 0 Å². The lowest BCUT2D eigenvalue weighted by Gasteiger charge is -2.17. The van der Waals surface area contributed by atoms with Gasteiger partial charge in [0.05, 0.1) is 0 Å². The van der Waals surface area contributed by atoms with E-state index in [1.807, 2.05) is 6.07 Å². The summed E-state index contributed by atoms with van der Waals surface area (Å²) in [5, 5.41) is 0. The largest absolute Gasteiger partial charge is 0.465 e. The molecule has 1 heterocycles. The summed E-state index contributed by atoms with van der Waals surface area (Å²) in [7, 11) is 0. The third-order valence-corrected chi connectivity index (χ3v) is 3.01. The van der Waals surface area contributed by atoms with Gasteiger partial charge in [-0.1, -0.05) is 20.8 Å². The zero-order chi connectivity index (χ0) is 13.8. The molecule has 0 aliphatic rings. The minimum absolute atomic E-state index is 0.0351. The Hall–Kier alpha value is -0.960. The summed E-state index contributed by atoms with van der Waals surface area (Å²) in [5.74, 6) is 2.17. The summed E-state index contributed by atoms with van der Waals surface area (Å²) >= 11 is 5.74. The molecule has 0 unspecified atom stereocenters. The lowest BCUT2D eigenvalue weighted by Crippen LogP contribution is -2.12. The van der Waals surface area contributed by atoms with Gasteiger partial charge in [-0.3, -0.25) is 4.79 Å². The van der Waals surface area contributed by atoms with E-state index in [1.165, 1.54) is 5.56 Å². The number of carbonyl (C=O) groups is 1. The number of hydrogen-bond acceptors (Lipinski definition) is 2. The van der Waals surface area contributed by atoms with Crippen LogP contribution in [0.25, 0.3) is 0 Å². The Bertz CT molecular complexity index is 404. The number of amides is 1. The number of hydrogen-bond donors (Lipinski definition) is 1. The van der Waals surface area contributed by atoms with Crippen LogP contribution in [0.2, 0.25) is 0 Å². The zero-order valence-electron chi connectivity index (χ0n) is 11.4. The molecule has 0 atom stereocenters. The first-order chi connectivity index (χ1) is 8.34. The Labute approximate surface area is 114 Å². The van der Waals surface area contributed by atoms with Crippen molar-refractivity contribution in [3.8, 4) is 0 Å². The molecule has 0 spiro atoms. The van der Waals surface area contributed by atoms with Crippen LogP contribution in [-0.2, 0) is 23.1 Å². The number of primary amides is 1. The van der Waals surface area contributed by atoms with Crippen LogP contribution < -0.4 is 5.73 Å². The van der Waals surface area contributed by atoms with Gasteiger partial charge in [0, 0.05) is 24.1 Å². The molecule has 0 saturated carbocycles. The maximum atomic E-state index is 10.8. The van der Waals surface area contributed by atoms with Crippen LogP contribution >= 0.6 is 11.6 Å². The summed E-state index contributed by atoms with van der Waals surface area (Å²) in [6, 6.07) is 2.04. The molecule has 18 heavy (non-hydrogen) atoms. The first-order valence-corrected chi connectivity index (χ1v) is 6.84. The van der Waals surface area contributed by atoms with Gasteiger partial charge in [-0.2, -0.15) is 0 Å². The van der Waals surface area contributed by atoms with Crippen LogP contribution in [0.5, 0.6) is 0 Å². The van der Waals surface area contributed by atoms with E-state index in [4.69, 9.17) is 21.8 Å². The van der Waals surface area contributed by atoms with Crippen molar-refractivity contribution in [2.24, 2.45) is 5.73 Å². The molecule has 0 fully saturated rings. The topological polar surface area (TPSA) is 56.2 Å². The minimum atomic E-state index is -0.300. The fourth-order valence-corrected chi connectivity index (χ4v) is 2.07. The molecule has 102 valence electrons. The van der Waals surface area contributed by atoms with Gasteiger partial charge in [0.2, 0.25) is 5.91 Å². The maximum absolute atomic E-state index is 10.8. The second kappa shape index (κ2) is 6.28. The predicted octanol–water partition coefficient (Wildman–Crippen LogP) is 3.17. The molecular formula is C14H22ClNO2. The summed E-state index contributed by atoms with van der Waals surface area (Å²) in [6.07, 6.45) is 2.74. The Kier molecular flexibility index (Phi) is 5.27. The first kappa shape index (κ1) is 15.1. The lowest BCUT2D eigenvalue weighted by atomic mass is 9.89. The van der Waals surface area contributed by atoms with Crippen LogP contribution in [0.4, 0.5) is 0 Å². The van der Waals surface area contributed by atoms with Crippen molar-refractivity contribution >= 4 is 17.5 Å². The third kappa shape index (κ3) is 4.37. The number of alkyl halides is 1. The average molecular weight is 272 g/mol. The van der Waals surface area contributed by atoms with Gasteiger partial charge in [-0.05, 0) is 24.5 Å². The van der Waals surface area contributed by atoms with E-state index in [0.29, 0.717) is 18.7 Å². The van der Waals surface area contributed by atoms with Gasteiger partial charge in [0.1, 0.15) is 11.5 Å². The molecule has 4 heteroatoms. The van der Waals surface area contributed by atoms with Gasteiger partial charge in [-0.25, -0.2) is 0 Å². The third-order valence-electron chi connectivity index (χ3n) is 2.74. The van der Waals surface area contributed by atoms with Gasteiger partial charge in [0.15, 0.2) is 0 Å². The van der Waals surface area contributed by atoms with Crippen molar-refractivity contribution in [2.45, 2.75) is 51.9 Å². The van der Waals surface area contributed by atoms with E-state index in [2.05, 4.69) is 20.8 Å². The molecule has 0 radical (unpaired) electrons. The Morgan fingerprint density at radius 2 is 2.06 bits per heavy atom. The van der Waals surface area contributed by atoms with Crippen molar-refractivity contribution in [3.05, 3.63) is 23.2 Å². The van der Waals surface area contributed by atoms with Crippen LogP contribution in [0, 0.1) is 0 Å². The van der Waals surface area contributed by atoms with E-state index in [0.717, 1.165) is 24.4 Å². The molecule has 1 rings (SSSR count). The summed E-state index contributed by atoms with van der Waals surface area (Å²) in [5.41, 5.74) is 6.31. The standard InChI is InChI=1S/C14H22ClNO2/c1-14(2,3)13-10(5-4-8-15)9-11(18-13)6-7-12(16)17/h9H,4-8H2,1-3H3,(H2,16,17). The van der Waals surface area contributed by atoms with E-state index in [9.17, 15) is 4.79 Å². The smallest absolute Gasteiger partial charge is 0.217 e. The van der Waals surface area contributed by atoms with Gasteiger partial charge >= 0.3 is 0 Å². The lowest BCUT2D eigenvalue weighted by molar-refractivity contribution is -0.118. The highest BCUT2D eigenvalue weighted by Crippen LogP contribution is 2.30. The van der Waals surface area contributed by atoms with E-state index in [1.54, 1.807) is 0 Å². The van der Waals surface area contributed by atoms with Gasteiger partial charge in [-0.15, -0.1) is 11.6 Å².